The van der Waals surface area contributed by atoms with Crippen molar-refractivity contribution in [2.24, 2.45) is 0 Å². The van der Waals surface area contributed by atoms with Crippen LogP contribution >= 0.6 is 12.4 Å². The van der Waals surface area contributed by atoms with Crippen molar-refractivity contribution in [3.8, 4) is 0 Å². The van der Waals surface area contributed by atoms with Crippen LogP contribution < -0.4 is 4.72 Å². The van der Waals surface area contributed by atoms with Gasteiger partial charge in [-0.2, -0.15) is 0 Å². The highest BCUT2D eigenvalue weighted by Crippen LogP contribution is 2.18. The number of piperidine rings is 1. The van der Waals surface area contributed by atoms with Gasteiger partial charge in [0.25, 0.3) is 0 Å². The molecule has 0 saturated carbocycles. The summed E-state index contributed by atoms with van der Waals surface area (Å²) in [5.74, 6) is 0. The minimum absolute atomic E-state index is 0. The molecule has 7 heteroatoms. The van der Waals surface area contributed by atoms with Crippen LogP contribution in [0.1, 0.15) is 26.7 Å². The Hall–Kier alpha value is -0.660. The zero-order chi connectivity index (χ0) is 17.1. The lowest BCUT2D eigenvalue weighted by molar-refractivity contribution is 0.124. The normalized spacial score (nSPS) is 17.7. The lowest BCUT2D eigenvalue weighted by Crippen LogP contribution is -2.53. The van der Waals surface area contributed by atoms with Gasteiger partial charge in [0, 0.05) is 18.1 Å². The van der Waals surface area contributed by atoms with E-state index in [9.17, 15) is 8.42 Å². The van der Waals surface area contributed by atoms with E-state index in [1.807, 2.05) is 19.9 Å². The predicted octanol–water partition coefficient (Wildman–Crippen LogP) is 2.19. The first kappa shape index (κ1) is 21.4. The summed E-state index contributed by atoms with van der Waals surface area (Å²) < 4.78 is 27.9. The fourth-order valence-electron chi connectivity index (χ4n) is 3.24. The number of rotatable bonds is 6. The standard InChI is InChI=1S/C17H29N3O2S.ClH/c1-17(2,14-20(4)15-10-12-19(3)13-11-15)18-23(21,22)16-8-6-5-7-9-16;/h5-9,15,18H,10-14H2,1-4H3;1H. The molecule has 24 heavy (non-hydrogen) atoms. The highest BCUT2D eigenvalue weighted by molar-refractivity contribution is 7.89. The maximum Gasteiger partial charge on any atom is 0.241 e. The van der Waals surface area contributed by atoms with E-state index in [1.165, 1.54) is 0 Å². The third-order valence-electron chi connectivity index (χ3n) is 4.42. The van der Waals surface area contributed by atoms with E-state index >= 15 is 0 Å². The summed E-state index contributed by atoms with van der Waals surface area (Å²) in [4.78, 5) is 4.95. The molecule has 1 N–H and O–H groups in total. The average Bonchev–Trinajstić information content (AvgIpc) is 2.47. The Morgan fingerprint density at radius 3 is 2.29 bits per heavy atom. The summed E-state index contributed by atoms with van der Waals surface area (Å²) in [6.07, 6.45) is 2.27. The lowest BCUT2D eigenvalue weighted by Gasteiger charge is -2.39. The summed E-state index contributed by atoms with van der Waals surface area (Å²) in [5.41, 5.74) is -0.521. The van der Waals surface area contributed by atoms with Gasteiger partial charge in [-0.3, -0.25) is 0 Å². The zero-order valence-electron chi connectivity index (χ0n) is 15.0. The first-order valence-electron chi connectivity index (χ1n) is 8.17. The molecule has 0 unspecified atom stereocenters. The molecule has 1 aliphatic rings. The maximum atomic E-state index is 12.5. The van der Waals surface area contributed by atoms with Crippen molar-refractivity contribution in [3.05, 3.63) is 30.3 Å². The molecular weight excluding hydrogens is 346 g/mol. The Morgan fingerprint density at radius 1 is 1.21 bits per heavy atom. The first-order chi connectivity index (χ1) is 10.7. The van der Waals surface area contributed by atoms with Crippen molar-refractivity contribution in [1.82, 2.24) is 14.5 Å². The number of benzene rings is 1. The second-order valence-electron chi connectivity index (χ2n) is 7.25. The Kier molecular flexibility index (Phi) is 7.69. The predicted molar refractivity (Wildman–Crippen MR) is 101 cm³/mol. The molecule has 2 rings (SSSR count). The van der Waals surface area contributed by atoms with Crippen molar-refractivity contribution < 1.29 is 8.42 Å². The molecule has 0 atom stereocenters. The molecule has 1 fully saturated rings. The topological polar surface area (TPSA) is 52.6 Å². The number of halogens is 1. The van der Waals surface area contributed by atoms with Crippen molar-refractivity contribution in [3.63, 3.8) is 0 Å². The van der Waals surface area contributed by atoms with Crippen molar-refractivity contribution >= 4 is 22.4 Å². The van der Waals surface area contributed by atoms with E-state index < -0.39 is 15.6 Å². The van der Waals surface area contributed by atoms with Gasteiger partial charge >= 0.3 is 0 Å². The Balaban J connectivity index is 0.00000288. The number of hydrogen-bond acceptors (Lipinski definition) is 4. The monoisotopic (exact) mass is 375 g/mol. The van der Waals surface area contributed by atoms with E-state index in [0.717, 1.165) is 25.9 Å². The van der Waals surface area contributed by atoms with Gasteiger partial charge in [-0.1, -0.05) is 18.2 Å². The third-order valence-corrected chi connectivity index (χ3v) is 6.13. The largest absolute Gasteiger partial charge is 0.306 e. The molecule has 0 amide bonds. The summed E-state index contributed by atoms with van der Waals surface area (Å²) in [5, 5.41) is 0. The molecule has 0 radical (unpaired) electrons. The quantitative estimate of drug-likeness (QED) is 0.828. The fraction of sp³-hybridized carbons (Fsp3) is 0.647. The molecule has 0 aliphatic carbocycles. The summed E-state index contributed by atoms with van der Waals surface area (Å²) in [7, 11) is 0.751. The zero-order valence-corrected chi connectivity index (χ0v) is 16.7. The number of hydrogen-bond donors (Lipinski definition) is 1. The Morgan fingerprint density at radius 2 is 1.75 bits per heavy atom. The molecule has 1 aromatic rings. The van der Waals surface area contributed by atoms with Crippen LogP contribution in [0, 0.1) is 0 Å². The van der Waals surface area contributed by atoms with Crippen molar-refractivity contribution in [1.29, 1.82) is 0 Å². The van der Waals surface area contributed by atoms with E-state index in [4.69, 9.17) is 0 Å². The van der Waals surface area contributed by atoms with Crippen molar-refractivity contribution in [2.45, 2.75) is 43.2 Å². The van der Waals surface area contributed by atoms with E-state index in [1.54, 1.807) is 24.3 Å². The molecule has 1 saturated heterocycles. The summed E-state index contributed by atoms with van der Waals surface area (Å²) in [6, 6.07) is 9.07. The summed E-state index contributed by atoms with van der Waals surface area (Å²) >= 11 is 0. The van der Waals surface area contributed by atoms with Gasteiger partial charge in [0.1, 0.15) is 0 Å². The van der Waals surface area contributed by atoms with Crippen LogP contribution in [0.25, 0.3) is 0 Å². The van der Waals surface area contributed by atoms with Crippen LogP contribution in [0.2, 0.25) is 0 Å². The van der Waals surface area contributed by atoms with Crippen LogP contribution in [0.15, 0.2) is 35.2 Å². The number of nitrogens with one attached hydrogen (secondary N) is 1. The highest BCUT2D eigenvalue weighted by atomic mass is 35.5. The van der Waals surface area contributed by atoms with E-state index in [2.05, 4.69) is 28.6 Å². The molecule has 1 heterocycles. The number of likely N-dealkylation sites (tertiary alicyclic amines) is 1. The van der Waals surface area contributed by atoms with Gasteiger partial charge in [0.2, 0.25) is 10.0 Å². The minimum Gasteiger partial charge on any atom is -0.306 e. The minimum atomic E-state index is -3.49. The molecule has 138 valence electrons. The van der Waals surface area contributed by atoms with Crippen LogP contribution in [0.4, 0.5) is 0 Å². The lowest BCUT2D eigenvalue weighted by atomic mass is 10.0. The molecule has 1 aliphatic heterocycles. The smallest absolute Gasteiger partial charge is 0.241 e. The van der Waals surface area contributed by atoms with Crippen molar-refractivity contribution in [2.75, 3.05) is 33.7 Å². The average molecular weight is 376 g/mol. The van der Waals surface area contributed by atoms with Gasteiger partial charge in [-0.05, 0) is 66.0 Å². The highest BCUT2D eigenvalue weighted by Gasteiger charge is 2.30. The molecule has 5 nitrogen and oxygen atoms in total. The van der Waals surface area contributed by atoms with Crippen LogP contribution in [-0.2, 0) is 10.0 Å². The van der Waals surface area contributed by atoms with Crippen LogP contribution in [-0.4, -0.2) is 63.5 Å². The maximum absolute atomic E-state index is 12.5. The SMILES string of the molecule is CN1CCC(N(C)CC(C)(C)NS(=O)(=O)c2ccccc2)CC1.Cl. The Bertz CT molecular complexity index is 600. The van der Waals surface area contributed by atoms with Gasteiger partial charge in [-0.15, -0.1) is 12.4 Å². The fourth-order valence-corrected chi connectivity index (χ4v) is 4.67. The summed E-state index contributed by atoms with van der Waals surface area (Å²) in [6.45, 7) is 6.78. The van der Waals surface area contributed by atoms with Gasteiger partial charge in [0.15, 0.2) is 0 Å². The van der Waals surface area contributed by atoms with Gasteiger partial charge < -0.3 is 9.80 Å². The van der Waals surface area contributed by atoms with Gasteiger partial charge in [0.05, 0.1) is 4.90 Å². The second-order valence-corrected chi connectivity index (χ2v) is 8.93. The van der Waals surface area contributed by atoms with E-state index in [-0.39, 0.29) is 12.4 Å². The molecule has 0 aromatic heterocycles. The molecule has 0 bridgehead atoms. The molecule has 1 aromatic carbocycles. The van der Waals surface area contributed by atoms with Crippen LogP contribution in [0.3, 0.4) is 0 Å². The molecular formula is C17H30ClN3O2S. The number of nitrogens with zero attached hydrogens (tertiary/aromatic N) is 2. The second kappa shape index (κ2) is 8.63. The first-order valence-corrected chi connectivity index (χ1v) is 9.66. The number of likely N-dealkylation sites (N-methyl/N-ethyl adjacent to an activating group) is 1. The number of sulfonamides is 1. The van der Waals surface area contributed by atoms with Crippen LogP contribution in [0.5, 0.6) is 0 Å². The third kappa shape index (κ3) is 6.01. The Labute approximate surface area is 152 Å². The van der Waals surface area contributed by atoms with E-state index in [0.29, 0.717) is 17.5 Å². The van der Waals surface area contributed by atoms with Gasteiger partial charge in [-0.25, -0.2) is 13.1 Å². The molecule has 0 spiro atoms.